The molecule has 1 saturated heterocycles. The summed E-state index contributed by atoms with van der Waals surface area (Å²) in [5.41, 5.74) is 6.68. The van der Waals surface area contributed by atoms with Gasteiger partial charge in [-0.15, -0.1) is 0 Å². The first kappa shape index (κ1) is 28.0. The van der Waals surface area contributed by atoms with Crippen molar-refractivity contribution in [1.82, 2.24) is 24.4 Å². The molecular weight excluding hydrogens is 529 g/mol. The Morgan fingerprint density at radius 2 is 1.98 bits per heavy atom. The van der Waals surface area contributed by atoms with Gasteiger partial charge in [0.2, 0.25) is 5.91 Å². The number of piperazine rings is 1. The standard InChI is InChI=1S/C28H34FN9O3/c1-6-22(39)35-13-17(5)36(14-16(35)4)25-19-11-20(29)27-33-26(19)37(28(40)34-25)24-21(7-9-32-23(24)15(2)3)41-10-8-18(12-30)38(27)31/h6-7,9,11-12,15-17H,1,8,10,13-14,30-31H2,2-5H3/b18-12-/t16-,17+/m1/s1. The lowest BCUT2D eigenvalue weighted by atomic mass is 10.1. The molecule has 12 nitrogen and oxygen atoms in total. The van der Waals surface area contributed by atoms with E-state index in [0.717, 1.165) is 5.01 Å². The maximum Gasteiger partial charge on any atom is 0.356 e. The van der Waals surface area contributed by atoms with Crippen molar-refractivity contribution in [1.29, 1.82) is 0 Å². The zero-order chi connectivity index (χ0) is 29.6. The number of amides is 1. The molecule has 1 fully saturated rings. The smallest absolute Gasteiger partial charge is 0.356 e. The van der Waals surface area contributed by atoms with Crippen LogP contribution in [0.5, 0.6) is 5.75 Å². The van der Waals surface area contributed by atoms with Crippen LogP contribution >= 0.6 is 0 Å². The molecular formula is C28H34FN9O3. The van der Waals surface area contributed by atoms with Crippen LogP contribution in [0.2, 0.25) is 0 Å². The van der Waals surface area contributed by atoms with E-state index < -0.39 is 11.5 Å². The zero-order valence-electron chi connectivity index (χ0n) is 23.5. The highest BCUT2D eigenvalue weighted by atomic mass is 19.1. The fourth-order valence-corrected chi connectivity index (χ4v) is 5.43. The fraction of sp³-hybridized carbons (Fsp3) is 0.393. The second-order valence-corrected chi connectivity index (χ2v) is 10.6. The van der Waals surface area contributed by atoms with E-state index in [0.29, 0.717) is 41.3 Å². The predicted octanol–water partition coefficient (Wildman–Crippen LogP) is 2.31. The summed E-state index contributed by atoms with van der Waals surface area (Å²) < 4.78 is 23.2. The Hall–Kier alpha value is -4.52. The summed E-state index contributed by atoms with van der Waals surface area (Å²) in [6, 6.07) is 2.49. The van der Waals surface area contributed by atoms with Gasteiger partial charge >= 0.3 is 5.69 Å². The quantitative estimate of drug-likeness (QED) is 0.359. The van der Waals surface area contributed by atoms with Crippen molar-refractivity contribution >= 4 is 28.6 Å². The number of aromatic nitrogens is 4. The number of hydrazine groups is 1. The van der Waals surface area contributed by atoms with Crippen LogP contribution in [0.4, 0.5) is 16.0 Å². The molecule has 2 aliphatic rings. The van der Waals surface area contributed by atoms with Crippen molar-refractivity contribution in [2.75, 3.05) is 29.6 Å². The highest BCUT2D eigenvalue weighted by Gasteiger charge is 2.34. The van der Waals surface area contributed by atoms with Crippen LogP contribution in [-0.4, -0.2) is 62.1 Å². The van der Waals surface area contributed by atoms with E-state index in [1.165, 1.54) is 22.9 Å². The van der Waals surface area contributed by atoms with Crippen LogP contribution in [-0.2, 0) is 4.79 Å². The molecule has 5 heterocycles. The molecule has 216 valence electrons. The van der Waals surface area contributed by atoms with Crippen LogP contribution in [0.3, 0.4) is 0 Å². The highest BCUT2D eigenvalue weighted by Crippen LogP contribution is 2.36. The minimum Gasteiger partial charge on any atom is -0.491 e. The molecule has 0 unspecified atom stereocenters. The number of carbonyl (C=O) groups excluding carboxylic acids is 1. The Bertz CT molecular complexity index is 1620. The van der Waals surface area contributed by atoms with Gasteiger partial charge in [0.15, 0.2) is 17.3 Å². The number of hydrogen-bond donors (Lipinski definition) is 2. The summed E-state index contributed by atoms with van der Waals surface area (Å²) in [7, 11) is 0. The van der Waals surface area contributed by atoms with Gasteiger partial charge in [-0.25, -0.2) is 24.6 Å². The molecule has 1 amide bonds. The number of rotatable bonds is 3. The normalized spacial score (nSPS) is 20.3. The predicted molar refractivity (Wildman–Crippen MR) is 154 cm³/mol. The van der Waals surface area contributed by atoms with Gasteiger partial charge in [-0.2, -0.15) is 4.98 Å². The van der Waals surface area contributed by atoms with Gasteiger partial charge in [0.1, 0.15) is 17.3 Å². The van der Waals surface area contributed by atoms with Gasteiger partial charge in [0.25, 0.3) is 0 Å². The molecule has 0 aromatic carbocycles. The van der Waals surface area contributed by atoms with Gasteiger partial charge in [-0.1, -0.05) is 20.4 Å². The van der Waals surface area contributed by atoms with Crippen molar-refractivity contribution in [2.24, 2.45) is 11.6 Å². The van der Waals surface area contributed by atoms with Crippen LogP contribution in [0, 0.1) is 5.82 Å². The Morgan fingerprint density at radius 3 is 2.66 bits per heavy atom. The molecule has 5 rings (SSSR count). The lowest BCUT2D eigenvalue weighted by Crippen LogP contribution is -2.58. The molecule has 3 aromatic heterocycles. The Balaban J connectivity index is 1.83. The lowest BCUT2D eigenvalue weighted by molar-refractivity contribution is -0.128. The molecule has 2 aliphatic heterocycles. The Morgan fingerprint density at radius 1 is 1.22 bits per heavy atom. The first-order valence-corrected chi connectivity index (χ1v) is 13.5. The number of nitrogens with zero attached hydrogens (tertiary/aromatic N) is 7. The van der Waals surface area contributed by atoms with Crippen LogP contribution in [0.1, 0.15) is 45.7 Å². The highest BCUT2D eigenvalue weighted by molar-refractivity contribution is 5.91. The number of carbonyl (C=O) groups is 1. The summed E-state index contributed by atoms with van der Waals surface area (Å²) in [6.07, 6.45) is 4.42. The molecule has 4 N–H and O–H groups in total. The first-order valence-electron chi connectivity index (χ1n) is 13.5. The largest absolute Gasteiger partial charge is 0.491 e. The maximum atomic E-state index is 15.8. The molecule has 3 aromatic rings. The number of ether oxygens (including phenoxy) is 1. The van der Waals surface area contributed by atoms with Crippen molar-refractivity contribution < 1.29 is 13.9 Å². The van der Waals surface area contributed by atoms with Gasteiger partial charge < -0.3 is 20.3 Å². The van der Waals surface area contributed by atoms with E-state index in [1.807, 2.05) is 32.6 Å². The summed E-state index contributed by atoms with van der Waals surface area (Å²) in [5.74, 6) is 5.76. The molecule has 41 heavy (non-hydrogen) atoms. The zero-order valence-corrected chi connectivity index (χ0v) is 23.5. The third kappa shape index (κ3) is 4.75. The molecule has 0 saturated carbocycles. The Kier molecular flexibility index (Phi) is 7.39. The van der Waals surface area contributed by atoms with Crippen molar-refractivity contribution in [3.05, 3.63) is 64.9 Å². The topological polar surface area (TPSA) is 149 Å². The molecule has 0 aliphatic carbocycles. The van der Waals surface area contributed by atoms with E-state index in [1.54, 1.807) is 17.2 Å². The lowest BCUT2D eigenvalue weighted by Gasteiger charge is -2.44. The van der Waals surface area contributed by atoms with Gasteiger partial charge in [0, 0.05) is 50.1 Å². The third-order valence-corrected chi connectivity index (χ3v) is 7.53. The molecule has 13 heteroatoms. The third-order valence-electron chi connectivity index (χ3n) is 7.53. The number of hydrogen-bond acceptors (Lipinski definition) is 10. The average molecular weight is 564 g/mol. The average Bonchev–Trinajstić information content (AvgIpc) is 2.96. The minimum absolute atomic E-state index is 0.0953. The van der Waals surface area contributed by atoms with E-state index in [4.69, 9.17) is 16.3 Å². The second kappa shape index (κ2) is 10.8. The minimum atomic E-state index is -0.718. The van der Waals surface area contributed by atoms with Crippen molar-refractivity contribution in [2.45, 2.75) is 52.1 Å². The SMILES string of the molecule is C=CC(=O)N1C[C@H](C)N(c2nc(=O)n3c4nc(c(F)cc24)N(N)/C(=C\N)CCOc2ccnc(C(C)C)c2-3)C[C@H]1C. The Labute approximate surface area is 236 Å². The fourth-order valence-electron chi connectivity index (χ4n) is 5.43. The van der Waals surface area contributed by atoms with E-state index in [-0.39, 0.29) is 54.2 Å². The molecule has 0 spiro atoms. The number of anilines is 2. The van der Waals surface area contributed by atoms with Crippen LogP contribution < -0.4 is 31.9 Å². The number of nitrogens with two attached hydrogens (primary N) is 2. The van der Waals surface area contributed by atoms with Gasteiger partial charge in [-0.05, 0) is 31.9 Å². The summed E-state index contributed by atoms with van der Waals surface area (Å²) in [6.45, 7) is 12.2. The molecule has 2 bridgehead atoms. The molecule has 0 radical (unpaired) electrons. The van der Waals surface area contributed by atoms with E-state index >= 15 is 4.39 Å². The van der Waals surface area contributed by atoms with Crippen LogP contribution in [0.15, 0.2) is 47.7 Å². The van der Waals surface area contributed by atoms with Gasteiger partial charge in [-0.3, -0.25) is 14.8 Å². The maximum absolute atomic E-state index is 15.8. The van der Waals surface area contributed by atoms with Crippen molar-refractivity contribution in [3.63, 3.8) is 0 Å². The number of pyridine rings is 2. The van der Waals surface area contributed by atoms with Crippen molar-refractivity contribution in [3.8, 4) is 11.4 Å². The number of fused-ring (bicyclic) bond motifs is 3. The van der Waals surface area contributed by atoms with E-state index in [2.05, 4.69) is 21.5 Å². The van der Waals surface area contributed by atoms with E-state index in [9.17, 15) is 9.59 Å². The van der Waals surface area contributed by atoms with Gasteiger partial charge in [0.05, 0.1) is 23.4 Å². The number of halogens is 1. The summed E-state index contributed by atoms with van der Waals surface area (Å²) >= 11 is 0. The summed E-state index contributed by atoms with van der Waals surface area (Å²) in [5, 5.41) is 1.36. The summed E-state index contributed by atoms with van der Waals surface area (Å²) in [4.78, 5) is 43.7. The second-order valence-electron chi connectivity index (χ2n) is 10.6. The molecule has 2 atom stereocenters. The monoisotopic (exact) mass is 563 g/mol. The first-order chi connectivity index (χ1) is 19.6. The van der Waals surface area contributed by atoms with Crippen LogP contribution in [0.25, 0.3) is 16.7 Å².